The molecule has 2 heterocycles. The van der Waals surface area contributed by atoms with E-state index >= 15 is 0 Å². The Morgan fingerprint density at radius 3 is 2.53 bits per heavy atom. The van der Waals surface area contributed by atoms with Crippen LogP contribution >= 0.6 is 15.9 Å². The number of rotatable bonds is 7. The number of likely N-dealkylation sites (N-methyl/N-ethyl adjacent to an activating group) is 1. The molecule has 0 spiro atoms. The quantitative estimate of drug-likeness (QED) is 0.439. The fourth-order valence-electron chi connectivity index (χ4n) is 4.38. The van der Waals surface area contributed by atoms with Gasteiger partial charge in [0.15, 0.2) is 0 Å². The molecule has 0 aliphatic carbocycles. The summed E-state index contributed by atoms with van der Waals surface area (Å²) in [5.41, 5.74) is 3.19. The third-order valence-electron chi connectivity index (χ3n) is 6.21. The summed E-state index contributed by atoms with van der Waals surface area (Å²) in [6.07, 6.45) is 0.848. The molecule has 0 unspecified atom stereocenters. The average molecular weight is 528 g/mol. The minimum Gasteiger partial charge on any atom is -0.354 e. The second-order valence-corrected chi connectivity index (χ2v) is 9.72. The number of halogens is 2. The molecule has 34 heavy (non-hydrogen) atoms. The molecular weight excluding hydrogens is 497 g/mol. The smallest absolute Gasteiger partial charge is 0.254 e. The van der Waals surface area contributed by atoms with Gasteiger partial charge in [-0.25, -0.2) is 9.07 Å². The van der Waals surface area contributed by atoms with Gasteiger partial charge in [-0.15, -0.1) is 0 Å². The lowest BCUT2D eigenvalue weighted by Crippen LogP contribution is -2.45. The number of hydrogen-bond acceptors (Lipinski definition) is 4. The number of hydrogen-bond donors (Lipinski definition) is 0. The topological polar surface area (TPSA) is 44.6 Å². The molecule has 0 radical (unpaired) electrons. The molecule has 4 rings (SSSR count). The van der Waals surface area contributed by atoms with E-state index in [0.29, 0.717) is 24.3 Å². The number of benzene rings is 2. The minimum absolute atomic E-state index is 0.00890. The van der Waals surface area contributed by atoms with Gasteiger partial charge in [0, 0.05) is 48.3 Å². The fourth-order valence-corrected chi connectivity index (χ4v) is 4.78. The van der Waals surface area contributed by atoms with Crippen molar-refractivity contribution < 1.29 is 9.18 Å². The van der Waals surface area contributed by atoms with Crippen molar-refractivity contribution >= 4 is 27.7 Å². The van der Waals surface area contributed by atoms with Crippen LogP contribution in [0.2, 0.25) is 0 Å². The Morgan fingerprint density at radius 1 is 1.12 bits per heavy atom. The first kappa shape index (κ1) is 24.4. The van der Waals surface area contributed by atoms with Crippen LogP contribution in [0.5, 0.6) is 0 Å². The van der Waals surface area contributed by atoms with E-state index < -0.39 is 0 Å². The normalized spacial score (nSPS) is 14.4. The predicted molar refractivity (Wildman–Crippen MR) is 137 cm³/mol. The van der Waals surface area contributed by atoms with E-state index in [0.717, 1.165) is 54.1 Å². The van der Waals surface area contributed by atoms with E-state index in [-0.39, 0.29) is 11.7 Å². The number of aromatic nitrogens is 2. The van der Waals surface area contributed by atoms with Crippen molar-refractivity contribution in [3.63, 3.8) is 0 Å². The third kappa shape index (κ3) is 5.33. The van der Waals surface area contributed by atoms with Crippen molar-refractivity contribution in [3.8, 4) is 5.69 Å². The maximum absolute atomic E-state index is 14.1. The van der Waals surface area contributed by atoms with E-state index in [1.54, 1.807) is 6.07 Å². The van der Waals surface area contributed by atoms with Crippen molar-refractivity contribution in [3.05, 3.63) is 75.6 Å². The largest absolute Gasteiger partial charge is 0.354 e. The highest BCUT2D eigenvalue weighted by Crippen LogP contribution is 2.30. The summed E-state index contributed by atoms with van der Waals surface area (Å²) in [6.45, 7) is 8.68. The number of piperazine rings is 1. The van der Waals surface area contributed by atoms with Gasteiger partial charge in [0.25, 0.3) is 5.91 Å². The Labute approximate surface area is 209 Å². The molecule has 180 valence electrons. The maximum Gasteiger partial charge on any atom is 0.254 e. The molecule has 0 saturated carbocycles. The van der Waals surface area contributed by atoms with Gasteiger partial charge in [0.05, 0.1) is 17.9 Å². The van der Waals surface area contributed by atoms with Crippen molar-refractivity contribution in [2.45, 2.75) is 26.8 Å². The van der Waals surface area contributed by atoms with Crippen LogP contribution in [0.1, 0.15) is 35.0 Å². The molecule has 3 aromatic rings. The molecular formula is C26H31BrFN5O. The summed E-state index contributed by atoms with van der Waals surface area (Å²) in [4.78, 5) is 20.0. The zero-order valence-electron chi connectivity index (χ0n) is 20.0. The predicted octanol–water partition coefficient (Wildman–Crippen LogP) is 4.89. The maximum atomic E-state index is 14.1. The van der Waals surface area contributed by atoms with Crippen LogP contribution in [0.4, 0.5) is 10.2 Å². The van der Waals surface area contributed by atoms with Gasteiger partial charge in [0.2, 0.25) is 0 Å². The van der Waals surface area contributed by atoms with E-state index in [1.807, 2.05) is 46.8 Å². The lowest BCUT2D eigenvalue weighted by Gasteiger charge is -2.35. The Hall–Kier alpha value is -2.71. The average Bonchev–Trinajstić information content (AvgIpc) is 3.15. The van der Waals surface area contributed by atoms with E-state index in [4.69, 9.17) is 5.10 Å². The summed E-state index contributed by atoms with van der Waals surface area (Å²) in [7, 11) is 2.12. The molecule has 1 fully saturated rings. The Morgan fingerprint density at radius 2 is 1.85 bits per heavy atom. The standard InChI is InChI=1S/C26H31BrFN5O/c1-4-11-32(26(34)20-7-5-8-21(27)16-20)18-24-19(2)29-33(23-10-6-9-22(28)17-23)25(24)31-14-12-30(3)13-15-31/h5-10,16-17H,4,11-15,18H2,1-3H3. The van der Waals surface area contributed by atoms with Crippen molar-refractivity contribution in [2.24, 2.45) is 0 Å². The van der Waals surface area contributed by atoms with E-state index in [2.05, 4.69) is 39.7 Å². The number of nitrogens with zero attached hydrogens (tertiary/aromatic N) is 5. The summed E-state index contributed by atoms with van der Waals surface area (Å²) < 4.78 is 16.8. The Kier molecular flexibility index (Phi) is 7.68. The fraction of sp³-hybridized carbons (Fsp3) is 0.385. The molecule has 8 heteroatoms. The van der Waals surface area contributed by atoms with Gasteiger partial charge in [0.1, 0.15) is 11.6 Å². The lowest BCUT2D eigenvalue weighted by molar-refractivity contribution is 0.0743. The van der Waals surface area contributed by atoms with Crippen LogP contribution in [0.3, 0.4) is 0 Å². The number of carbonyl (C=O) groups excluding carboxylic acids is 1. The molecule has 0 N–H and O–H groups in total. The summed E-state index contributed by atoms with van der Waals surface area (Å²) in [5.74, 6) is 0.638. The van der Waals surface area contributed by atoms with Crippen LogP contribution in [0, 0.1) is 12.7 Å². The van der Waals surface area contributed by atoms with Gasteiger partial charge in [-0.1, -0.05) is 35.0 Å². The van der Waals surface area contributed by atoms with E-state index in [1.165, 1.54) is 12.1 Å². The number of aryl methyl sites for hydroxylation is 1. The van der Waals surface area contributed by atoms with Gasteiger partial charge < -0.3 is 14.7 Å². The van der Waals surface area contributed by atoms with Crippen LogP contribution in [0.25, 0.3) is 5.69 Å². The first-order valence-corrected chi connectivity index (χ1v) is 12.5. The van der Waals surface area contributed by atoms with Crippen molar-refractivity contribution in [1.29, 1.82) is 0 Å². The molecule has 0 atom stereocenters. The van der Waals surface area contributed by atoms with Gasteiger partial charge in [-0.3, -0.25) is 4.79 Å². The molecule has 0 bridgehead atoms. The SMILES string of the molecule is CCCN(Cc1c(C)nn(-c2cccc(F)c2)c1N1CCN(C)CC1)C(=O)c1cccc(Br)c1. The lowest BCUT2D eigenvalue weighted by atomic mass is 10.1. The highest BCUT2D eigenvalue weighted by atomic mass is 79.9. The van der Waals surface area contributed by atoms with Crippen LogP contribution in [-0.4, -0.2) is 65.3 Å². The van der Waals surface area contributed by atoms with Crippen molar-refractivity contribution in [1.82, 2.24) is 19.6 Å². The minimum atomic E-state index is -0.297. The number of carbonyl (C=O) groups is 1. The molecule has 2 aromatic carbocycles. The van der Waals surface area contributed by atoms with Crippen LogP contribution < -0.4 is 4.90 Å². The van der Waals surface area contributed by atoms with Crippen LogP contribution in [-0.2, 0) is 6.54 Å². The monoisotopic (exact) mass is 527 g/mol. The zero-order chi connectivity index (χ0) is 24.2. The van der Waals surface area contributed by atoms with Gasteiger partial charge in [-0.05, 0) is 56.8 Å². The van der Waals surface area contributed by atoms with Crippen molar-refractivity contribution in [2.75, 3.05) is 44.7 Å². The molecule has 1 amide bonds. The molecule has 1 aliphatic heterocycles. The third-order valence-corrected chi connectivity index (χ3v) is 6.71. The van der Waals surface area contributed by atoms with Gasteiger partial charge >= 0.3 is 0 Å². The second-order valence-electron chi connectivity index (χ2n) is 8.81. The first-order chi connectivity index (χ1) is 16.4. The second kappa shape index (κ2) is 10.7. The Bertz CT molecular complexity index is 1160. The summed E-state index contributed by atoms with van der Waals surface area (Å²) in [6, 6.07) is 14.0. The number of amides is 1. The molecule has 6 nitrogen and oxygen atoms in total. The Balaban J connectivity index is 1.75. The summed E-state index contributed by atoms with van der Waals surface area (Å²) >= 11 is 3.48. The highest BCUT2D eigenvalue weighted by molar-refractivity contribution is 9.10. The summed E-state index contributed by atoms with van der Waals surface area (Å²) in [5, 5.41) is 4.82. The molecule has 1 aliphatic rings. The van der Waals surface area contributed by atoms with Crippen LogP contribution in [0.15, 0.2) is 53.0 Å². The number of anilines is 1. The molecule has 1 aromatic heterocycles. The zero-order valence-corrected chi connectivity index (χ0v) is 21.6. The van der Waals surface area contributed by atoms with E-state index in [9.17, 15) is 9.18 Å². The van der Waals surface area contributed by atoms with Gasteiger partial charge in [-0.2, -0.15) is 5.10 Å². The molecule has 1 saturated heterocycles. The first-order valence-electron chi connectivity index (χ1n) is 11.7. The highest BCUT2D eigenvalue weighted by Gasteiger charge is 2.27.